The predicted molar refractivity (Wildman–Crippen MR) is 173 cm³/mol. The van der Waals surface area contributed by atoms with Gasteiger partial charge < -0.3 is 30.7 Å². The monoisotopic (exact) mass is 785 g/mol. The van der Waals surface area contributed by atoms with E-state index in [1.54, 1.807) is 10.8 Å². The first-order valence-electron chi connectivity index (χ1n) is 14.7. The van der Waals surface area contributed by atoms with Gasteiger partial charge in [-0.3, -0.25) is 22.9 Å². The summed E-state index contributed by atoms with van der Waals surface area (Å²) in [7, 11) is -4.78. The van der Waals surface area contributed by atoms with E-state index in [2.05, 4.69) is 41.2 Å². The zero-order chi connectivity index (χ0) is 35.0. The molecule has 2 fully saturated rings. The summed E-state index contributed by atoms with van der Waals surface area (Å²) in [6, 6.07) is 2.38. The van der Waals surface area contributed by atoms with Crippen molar-refractivity contribution in [1.82, 2.24) is 39.1 Å². The maximum Gasteiger partial charge on any atom is 0.423 e. The molecular formula is C27H29BrClN9O10S. The Hall–Kier alpha value is -3.83. The van der Waals surface area contributed by atoms with Crippen molar-refractivity contribution in [3.8, 4) is 0 Å². The molecule has 2 aliphatic rings. The molecule has 6 atom stereocenters. The van der Waals surface area contributed by atoms with Gasteiger partial charge in [-0.05, 0) is 47.4 Å². The van der Waals surface area contributed by atoms with Crippen LogP contribution in [0.1, 0.15) is 25.5 Å². The zero-order valence-corrected chi connectivity index (χ0v) is 28.3. The number of halogens is 2. The lowest BCUT2D eigenvalue weighted by atomic mass is 9.96. The average molecular weight is 787 g/mol. The summed E-state index contributed by atoms with van der Waals surface area (Å²) in [6.45, 7) is -0.578. The number of anilines is 1. The van der Waals surface area contributed by atoms with Crippen LogP contribution in [-0.2, 0) is 35.3 Å². The SMILES string of the molecule is Nc1ncnc2c1ncn2[C@@H]1O[C@H](COS(=O)(=O)NC(=O)O[C@H]2CCCN[C@H]2CC(=O)Cn2cnc3cc(Br)c(Cl)cc3c2=O)[C@@H](O)[C@H]1O. The van der Waals surface area contributed by atoms with Crippen molar-refractivity contribution < 1.29 is 41.9 Å². The number of rotatable bonds is 10. The smallest absolute Gasteiger partial charge is 0.423 e. The summed E-state index contributed by atoms with van der Waals surface area (Å²) in [4.78, 5) is 54.7. The number of nitrogen functional groups attached to an aromatic ring is 1. The van der Waals surface area contributed by atoms with Crippen LogP contribution < -0.4 is 21.3 Å². The van der Waals surface area contributed by atoms with E-state index >= 15 is 0 Å². The van der Waals surface area contributed by atoms with Gasteiger partial charge in [0.2, 0.25) is 0 Å². The second-order valence-corrected chi connectivity index (χ2v) is 13.9. The largest absolute Gasteiger partial charge is 0.444 e. The molecule has 19 nitrogen and oxygen atoms in total. The molecule has 262 valence electrons. The number of nitrogens with one attached hydrogen (secondary N) is 2. The molecule has 0 bridgehead atoms. The first-order chi connectivity index (χ1) is 23.3. The van der Waals surface area contributed by atoms with Crippen molar-refractivity contribution in [2.75, 3.05) is 18.9 Å². The summed E-state index contributed by atoms with van der Waals surface area (Å²) in [5, 5.41) is 24.7. The van der Waals surface area contributed by atoms with Crippen LogP contribution in [0.2, 0.25) is 5.02 Å². The number of benzene rings is 1. The van der Waals surface area contributed by atoms with Crippen LogP contribution in [-0.4, -0.2) is 103 Å². The topological polar surface area (TPSA) is 265 Å². The first-order valence-corrected chi connectivity index (χ1v) is 17.3. The number of ketones is 1. The molecular weight excluding hydrogens is 758 g/mol. The third-order valence-corrected chi connectivity index (χ3v) is 10.1. The number of carbonyl (C=O) groups is 2. The van der Waals surface area contributed by atoms with Gasteiger partial charge in [-0.1, -0.05) is 11.6 Å². The molecule has 22 heteroatoms. The highest BCUT2D eigenvalue weighted by molar-refractivity contribution is 9.10. The Morgan fingerprint density at radius 3 is 2.78 bits per heavy atom. The first kappa shape index (κ1) is 35.0. The number of Topliss-reactive ketones (excluding diaryl/α,β-unsaturated/α-hetero) is 1. The molecule has 4 aromatic rings. The van der Waals surface area contributed by atoms with Gasteiger partial charge in [-0.15, -0.1) is 0 Å². The highest BCUT2D eigenvalue weighted by atomic mass is 79.9. The van der Waals surface area contributed by atoms with Crippen LogP contribution in [0.25, 0.3) is 22.1 Å². The standard InChI is InChI=1S/C27H29BrClN9O10S/c28-14-6-16-13(5-15(14)29)25(42)37(10-34-16)7-12(39)4-17-18(2-1-3-31-17)48-27(43)36-49(44,45)46-8-19-21(40)22(41)26(47-19)38-11-35-20-23(30)32-9-33-24(20)38/h5-6,9-11,17-19,21-22,26,31,40-41H,1-4,7-8H2,(H,36,43)(H2,30,32,33)/t17-,18-,19+,21+,22+,26+/m0/s1. The van der Waals surface area contributed by atoms with Gasteiger partial charge in [-0.25, -0.2) is 24.7 Å². The number of amides is 1. The van der Waals surface area contributed by atoms with Gasteiger partial charge >= 0.3 is 16.4 Å². The van der Waals surface area contributed by atoms with E-state index in [0.717, 1.165) is 4.57 Å². The molecule has 3 aromatic heterocycles. The van der Waals surface area contributed by atoms with E-state index in [-0.39, 0.29) is 41.1 Å². The molecule has 0 unspecified atom stereocenters. The molecule has 6 N–H and O–H groups in total. The number of fused-ring (bicyclic) bond motifs is 2. The summed E-state index contributed by atoms with van der Waals surface area (Å²) in [6.07, 6.45) is -3.48. The lowest BCUT2D eigenvalue weighted by Crippen LogP contribution is -2.50. The Labute approximate surface area is 290 Å². The molecule has 1 amide bonds. The molecule has 0 radical (unpaired) electrons. The van der Waals surface area contributed by atoms with Crippen LogP contribution in [0.4, 0.5) is 10.6 Å². The van der Waals surface area contributed by atoms with Crippen LogP contribution in [0.15, 0.2) is 40.4 Å². The number of nitrogens with zero attached hydrogens (tertiary/aromatic N) is 6. The zero-order valence-electron chi connectivity index (χ0n) is 25.2. The fourth-order valence-corrected chi connectivity index (χ4v) is 6.76. The number of aliphatic hydroxyl groups excluding tert-OH is 2. The molecule has 6 rings (SSSR count). The lowest BCUT2D eigenvalue weighted by Gasteiger charge is -2.31. The van der Waals surface area contributed by atoms with E-state index in [0.29, 0.717) is 34.4 Å². The van der Waals surface area contributed by atoms with Crippen molar-refractivity contribution >= 4 is 77.6 Å². The summed E-state index contributed by atoms with van der Waals surface area (Å²) >= 11 is 9.40. The van der Waals surface area contributed by atoms with Crippen molar-refractivity contribution in [2.45, 2.75) is 62.5 Å². The molecule has 1 aromatic carbocycles. The van der Waals surface area contributed by atoms with E-state index in [1.165, 1.54) is 29.6 Å². The second kappa shape index (κ2) is 14.2. The Balaban J connectivity index is 1.03. The fraction of sp³-hybridized carbons (Fsp3) is 0.444. The van der Waals surface area contributed by atoms with Gasteiger partial charge in [0, 0.05) is 10.9 Å². The molecule has 49 heavy (non-hydrogen) atoms. The number of aliphatic hydroxyl groups is 2. The van der Waals surface area contributed by atoms with Crippen LogP contribution in [0, 0.1) is 0 Å². The Morgan fingerprint density at radius 1 is 1.18 bits per heavy atom. The highest BCUT2D eigenvalue weighted by Gasteiger charge is 2.45. The van der Waals surface area contributed by atoms with Crippen molar-refractivity contribution in [3.63, 3.8) is 0 Å². The van der Waals surface area contributed by atoms with Crippen molar-refractivity contribution in [3.05, 3.63) is 51.0 Å². The van der Waals surface area contributed by atoms with Crippen LogP contribution in [0.3, 0.4) is 0 Å². The predicted octanol–water partition coefficient (Wildman–Crippen LogP) is -0.0789. The molecule has 2 aliphatic heterocycles. The third kappa shape index (κ3) is 7.52. The Bertz CT molecular complexity index is 2080. The number of ether oxygens (including phenoxy) is 2. The normalized spacial score (nSPS) is 24.3. The quantitative estimate of drug-likeness (QED) is 0.141. The molecule has 0 aliphatic carbocycles. The van der Waals surface area contributed by atoms with E-state index in [1.807, 2.05) is 0 Å². The number of imidazole rings is 1. The van der Waals surface area contributed by atoms with Gasteiger partial charge in [0.25, 0.3) is 5.56 Å². The minimum absolute atomic E-state index is 0.0814. The minimum atomic E-state index is -4.78. The molecule has 2 saturated heterocycles. The van der Waals surface area contributed by atoms with Gasteiger partial charge in [0.15, 0.2) is 23.5 Å². The Kier molecular flexibility index (Phi) is 10.1. The van der Waals surface area contributed by atoms with E-state index < -0.39 is 65.2 Å². The Morgan fingerprint density at radius 2 is 1.98 bits per heavy atom. The van der Waals surface area contributed by atoms with E-state index in [9.17, 15) is 33.0 Å². The number of hydrogen-bond acceptors (Lipinski definition) is 16. The van der Waals surface area contributed by atoms with Crippen molar-refractivity contribution in [2.24, 2.45) is 0 Å². The number of aromatic nitrogens is 6. The van der Waals surface area contributed by atoms with Crippen LogP contribution >= 0.6 is 27.5 Å². The van der Waals surface area contributed by atoms with Gasteiger partial charge in [0.05, 0.1) is 47.8 Å². The summed E-state index contributed by atoms with van der Waals surface area (Å²) in [5.74, 6) is -0.288. The maximum atomic E-state index is 13.0. The molecule has 5 heterocycles. The summed E-state index contributed by atoms with van der Waals surface area (Å²) < 4.78 is 45.7. The van der Waals surface area contributed by atoms with Gasteiger partial charge in [0.1, 0.15) is 36.3 Å². The summed E-state index contributed by atoms with van der Waals surface area (Å²) in [5.41, 5.74) is 6.16. The minimum Gasteiger partial charge on any atom is -0.444 e. The lowest BCUT2D eigenvalue weighted by molar-refractivity contribution is -0.121. The highest BCUT2D eigenvalue weighted by Crippen LogP contribution is 2.32. The van der Waals surface area contributed by atoms with Crippen molar-refractivity contribution in [1.29, 1.82) is 0 Å². The van der Waals surface area contributed by atoms with E-state index in [4.69, 9.17) is 31.0 Å². The average Bonchev–Trinajstić information content (AvgIpc) is 3.60. The second-order valence-electron chi connectivity index (χ2n) is 11.3. The maximum absolute atomic E-state index is 13.0. The number of piperidine rings is 1. The molecule has 0 saturated carbocycles. The fourth-order valence-electron chi connectivity index (χ4n) is 5.64. The molecule has 0 spiro atoms. The number of hydrogen-bond donors (Lipinski definition) is 5. The number of nitrogens with two attached hydrogens (primary N) is 1. The number of carbonyl (C=O) groups excluding carboxylic acids is 2. The third-order valence-electron chi connectivity index (χ3n) is 8.03. The van der Waals surface area contributed by atoms with Gasteiger partial charge in [-0.2, -0.15) is 13.1 Å². The van der Waals surface area contributed by atoms with Crippen LogP contribution in [0.5, 0.6) is 0 Å².